The molecule has 2 aromatic carbocycles. The van der Waals surface area contributed by atoms with Crippen LogP contribution in [0.25, 0.3) is 0 Å². The van der Waals surface area contributed by atoms with Gasteiger partial charge in [0.1, 0.15) is 0 Å². The van der Waals surface area contributed by atoms with Crippen LogP contribution in [-0.2, 0) is 15.8 Å². The molecule has 1 saturated carbocycles. The largest absolute Gasteiger partial charge is 0.395 e. The van der Waals surface area contributed by atoms with Crippen molar-refractivity contribution in [3.05, 3.63) is 71.8 Å². The molecular weight excluding hydrogens is 450 g/mol. The van der Waals surface area contributed by atoms with E-state index in [1.807, 2.05) is 48.5 Å². The van der Waals surface area contributed by atoms with E-state index >= 15 is 0 Å². The van der Waals surface area contributed by atoms with Crippen LogP contribution in [0, 0.1) is 0 Å². The molecule has 2 aromatic rings. The number of benzene rings is 2. The van der Waals surface area contributed by atoms with E-state index in [0.717, 1.165) is 31.2 Å². The van der Waals surface area contributed by atoms with Crippen molar-refractivity contribution in [1.82, 2.24) is 14.5 Å². The molecule has 2 atom stereocenters. The van der Waals surface area contributed by atoms with Gasteiger partial charge < -0.3 is 15.3 Å². The third-order valence-corrected chi connectivity index (χ3v) is 9.62. The molecule has 182 valence electrons. The Morgan fingerprint density at radius 2 is 1.59 bits per heavy atom. The first-order valence-electron chi connectivity index (χ1n) is 12.2. The zero-order chi connectivity index (χ0) is 23.8. The number of carbonyl (C=O) groups excluding carboxylic acids is 1. The fraction of sp³-hybridized carbons (Fsp3) is 0.500. The molecule has 1 aliphatic carbocycles. The Balaban J connectivity index is 1.40. The van der Waals surface area contributed by atoms with Crippen LogP contribution in [0.5, 0.6) is 0 Å². The van der Waals surface area contributed by atoms with Gasteiger partial charge in [-0.25, -0.2) is 13.2 Å². The number of hydrogen-bond acceptors (Lipinski definition) is 4. The molecule has 8 heteroatoms. The van der Waals surface area contributed by atoms with Crippen LogP contribution in [0.2, 0.25) is 0 Å². The lowest BCUT2D eigenvalue weighted by Gasteiger charge is -2.69. The average molecular weight is 484 g/mol. The summed E-state index contributed by atoms with van der Waals surface area (Å²) in [6.45, 7) is 0.398. The number of likely N-dealkylation sites (tertiary alicyclic amines) is 1. The number of aliphatic hydroxyl groups excluding tert-OH is 1. The van der Waals surface area contributed by atoms with Crippen molar-refractivity contribution < 1.29 is 18.3 Å². The Morgan fingerprint density at radius 1 is 0.971 bits per heavy atom. The van der Waals surface area contributed by atoms with Crippen molar-refractivity contribution in [1.29, 1.82) is 0 Å². The smallest absolute Gasteiger partial charge is 0.317 e. The number of sulfonamides is 1. The summed E-state index contributed by atoms with van der Waals surface area (Å²) in [7, 11) is -3.71. The maximum Gasteiger partial charge on any atom is 0.317 e. The van der Waals surface area contributed by atoms with Crippen molar-refractivity contribution in [3.63, 3.8) is 0 Å². The normalized spacial score (nSPS) is 24.9. The fourth-order valence-corrected chi connectivity index (χ4v) is 8.33. The predicted molar refractivity (Wildman–Crippen MR) is 131 cm³/mol. The molecule has 2 heterocycles. The maximum atomic E-state index is 13.6. The van der Waals surface area contributed by atoms with Gasteiger partial charge in [-0.3, -0.25) is 0 Å². The van der Waals surface area contributed by atoms with Crippen LogP contribution in [0.1, 0.15) is 49.1 Å². The molecule has 0 radical (unpaired) electrons. The second-order valence-electron chi connectivity index (χ2n) is 9.92. The Labute approximate surface area is 201 Å². The summed E-state index contributed by atoms with van der Waals surface area (Å²) < 4.78 is 28.8. The van der Waals surface area contributed by atoms with Crippen molar-refractivity contribution in [2.24, 2.45) is 0 Å². The van der Waals surface area contributed by atoms with E-state index in [9.17, 15) is 18.3 Å². The topological polar surface area (TPSA) is 90.0 Å². The third-order valence-electron chi connectivity index (χ3n) is 7.69. The molecule has 2 amide bonds. The van der Waals surface area contributed by atoms with Gasteiger partial charge in [0.05, 0.1) is 23.9 Å². The first kappa shape index (κ1) is 23.3. The van der Waals surface area contributed by atoms with Gasteiger partial charge in [0.2, 0.25) is 10.0 Å². The molecule has 3 fully saturated rings. The Kier molecular flexibility index (Phi) is 6.39. The Bertz CT molecular complexity index is 1100. The van der Waals surface area contributed by atoms with E-state index in [1.54, 1.807) is 17.0 Å². The monoisotopic (exact) mass is 483 g/mol. The predicted octanol–water partition coefficient (Wildman–Crippen LogP) is 3.07. The minimum atomic E-state index is -3.71. The molecule has 7 nitrogen and oxygen atoms in total. The first-order valence-corrected chi connectivity index (χ1v) is 13.8. The number of nitrogens with one attached hydrogen (secondary N) is 1. The lowest BCUT2D eigenvalue weighted by atomic mass is 9.63. The van der Waals surface area contributed by atoms with E-state index < -0.39 is 21.6 Å². The number of hydrogen-bond donors (Lipinski definition) is 2. The minimum absolute atomic E-state index is 0.114. The van der Waals surface area contributed by atoms with Crippen LogP contribution in [-0.4, -0.2) is 66.1 Å². The molecule has 2 aliphatic heterocycles. The number of aliphatic hydroxyl groups is 1. The lowest BCUT2D eigenvalue weighted by Crippen LogP contribution is -2.86. The molecular formula is C26H33N3O4S. The van der Waals surface area contributed by atoms with Crippen LogP contribution in [0.4, 0.5) is 4.79 Å². The van der Waals surface area contributed by atoms with Crippen molar-refractivity contribution in [2.45, 2.75) is 61.4 Å². The molecule has 1 spiro atoms. The first-order chi connectivity index (χ1) is 16.4. The van der Waals surface area contributed by atoms with Gasteiger partial charge >= 0.3 is 6.03 Å². The highest BCUT2D eigenvalue weighted by molar-refractivity contribution is 7.88. The number of urea groups is 1. The second kappa shape index (κ2) is 9.32. The highest BCUT2D eigenvalue weighted by Gasteiger charge is 2.70. The van der Waals surface area contributed by atoms with Gasteiger partial charge in [-0.2, -0.15) is 4.31 Å². The SMILES string of the molecule is O=C(NC1CCCCC1)N1CC2(C1)[C@H](c1ccccc1)[C@H](CO)N2S(=O)(=O)Cc1ccccc1. The quantitative estimate of drug-likeness (QED) is 0.661. The van der Waals surface area contributed by atoms with E-state index in [2.05, 4.69) is 5.32 Å². The zero-order valence-corrected chi connectivity index (χ0v) is 20.2. The Morgan fingerprint density at radius 3 is 2.21 bits per heavy atom. The summed E-state index contributed by atoms with van der Waals surface area (Å²) in [6.07, 6.45) is 5.49. The third kappa shape index (κ3) is 4.12. The molecule has 2 saturated heterocycles. The van der Waals surface area contributed by atoms with E-state index in [0.29, 0.717) is 18.7 Å². The molecule has 0 unspecified atom stereocenters. The summed E-state index contributed by atoms with van der Waals surface area (Å²) >= 11 is 0. The second-order valence-corrected chi connectivity index (χ2v) is 11.8. The van der Waals surface area contributed by atoms with Crippen molar-refractivity contribution >= 4 is 16.1 Å². The van der Waals surface area contributed by atoms with Gasteiger partial charge in [0, 0.05) is 25.0 Å². The Hall–Kier alpha value is -2.42. The van der Waals surface area contributed by atoms with Gasteiger partial charge in [-0.15, -0.1) is 0 Å². The van der Waals surface area contributed by atoms with Gasteiger partial charge in [-0.05, 0) is 24.0 Å². The standard InChI is InChI=1S/C26H33N3O4S/c30-16-23-24(21-12-6-2-7-13-21)26(29(23)34(32,33)17-20-10-4-1-5-11-20)18-28(19-26)25(31)27-22-14-8-3-9-15-22/h1-2,4-7,10-13,22-24,30H,3,8-9,14-19H2,(H,27,31)/t23-,24+/m0/s1. The van der Waals surface area contributed by atoms with Crippen LogP contribution in [0.15, 0.2) is 60.7 Å². The molecule has 0 aromatic heterocycles. The summed E-state index contributed by atoms with van der Waals surface area (Å²) in [4.78, 5) is 14.7. The molecule has 2 N–H and O–H groups in total. The molecule has 5 rings (SSSR count). The van der Waals surface area contributed by atoms with Crippen molar-refractivity contribution in [2.75, 3.05) is 19.7 Å². The van der Waals surface area contributed by atoms with Crippen molar-refractivity contribution in [3.8, 4) is 0 Å². The highest BCUT2D eigenvalue weighted by atomic mass is 32.2. The number of carbonyl (C=O) groups is 1. The van der Waals surface area contributed by atoms with Gasteiger partial charge in [-0.1, -0.05) is 79.9 Å². The summed E-state index contributed by atoms with van der Waals surface area (Å²) in [5.74, 6) is -0.287. The van der Waals surface area contributed by atoms with Gasteiger partial charge in [0.15, 0.2) is 0 Å². The van der Waals surface area contributed by atoms with E-state index in [4.69, 9.17) is 0 Å². The number of rotatable bonds is 6. The molecule has 34 heavy (non-hydrogen) atoms. The summed E-state index contributed by atoms with van der Waals surface area (Å²) in [5.41, 5.74) is 0.982. The van der Waals surface area contributed by atoms with E-state index in [-0.39, 0.29) is 30.4 Å². The van der Waals surface area contributed by atoms with E-state index in [1.165, 1.54) is 10.7 Å². The summed E-state index contributed by atoms with van der Waals surface area (Å²) in [6, 6.07) is 18.4. The van der Waals surface area contributed by atoms with Crippen LogP contribution in [0.3, 0.4) is 0 Å². The molecule has 0 bridgehead atoms. The highest BCUT2D eigenvalue weighted by Crippen LogP contribution is 2.55. The number of nitrogens with zero attached hydrogens (tertiary/aromatic N) is 2. The average Bonchev–Trinajstić information content (AvgIpc) is 2.79. The lowest BCUT2D eigenvalue weighted by molar-refractivity contribution is -0.126. The molecule has 3 aliphatic rings. The van der Waals surface area contributed by atoms with Gasteiger partial charge in [0.25, 0.3) is 0 Å². The van der Waals surface area contributed by atoms with Crippen LogP contribution < -0.4 is 5.32 Å². The minimum Gasteiger partial charge on any atom is -0.395 e. The maximum absolute atomic E-state index is 13.6. The summed E-state index contributed by atoms with van der Waals surface area (Å²) in [5, 5.41) is 13.4. The number of amides is 2. The zero-order valence-electron chi connectivity index (χ0n) is 19.3. The van der Waals surface area contributed by atoms with Crippen LogP contribution >= 0.6 is 0 Å². The fourth-order valence-electron chi connectivity index (χ4n) is 6.20.